The molecule has 0 bridgehead atoms. The molecular formula is C19H26F3N5. The lowest BCUT2D eigenvalue weighted by Crippen LogP contribution is -2.46. The van der Waals surface area contributed by atoms with Crippen molar-refractivity contribution >= 4 is 23.3 Å². The van der Waals surface area contributed by atoms with E-state index in [0.29, 0.717) is 24.5 Å². The molecule has 5 nitrogen and oxygen atoms in total. The number of rotatable bonds is 9. The molecule has 0 saturated carbocycles. The molecule has 5 N–H and O–H groups in total. The normalized spacial score (nSPS) is 19.4. The monoisotopic (exact) mass is 381 g/mol. The third-order valence-electron chi connectivity index (χ3n) is 4.39. The minimum Gasteiger partial charge on any atom is -0.391 e. The van der Waals surface area contributed by atoms with Crippen molar-refractivity contribution in [3.8, 4) is 0 Å². The van der Waals surface area contributed by atoms with Crippen LogP contribution < -0.4 is 16.4 Å². The molecule has 1 heterocycles. The average molecular weight is 381 g/mol. The van der Waals surface area contributed by atoms with E-state index in [1.807, 2.05) is 0 Å². The van der Waals surface area contributed by atoms with E-state index in [1.54, 1.807) is 31.2 Å². The van der Waals surface area contributed by atoms with Crippen molar-refractivity contribution in [2.45, 2.75) is 44.3 Å². The highest BCUT2D eigenvalue weighted by molar-refractivity contribution is 6.09. The summed E-state index contributed by atoms with van der Waals surface area (Å²) < 4.78 is 39.8. The fraction of sp³-hybridized carbons (Fsp3) is 0.474. The van der Waals surface area contributed by atoms with Gasteiger partial charge < -0.3 is 16.4 Å². The summed E-state index contributed by atoms with van der Waals surface area (Å²) in [5.41, 5.74) is 3.89. The molecule has 2 rings (SSSR count). The van der Waals surface area contributed by atoms with E-state index in [4.69, 9.17) is 11.1 Å². The number of unbranched alkanes of at least 4 members (excludes halogenated alkanes) is 3. The van der Waals surface area contributed by atoms with Crippen LogP contribution in [0.3, 0.4) is 0 Å². The van der Waals surface area contributed by atoms with E-state index in [9.17, 15) is 13.2 Å². The number of hydrogen-bond acceptors (Lipinski definition) is 5. The van der Waals surface area contributed by atoms with Crippen LogP contribution in [0.1, 0.15) is 32.6 Å². The number of nitrogens with zero attached hydrogens (tertiary/aromatic N) is 1. The van der Waals surface area contributed by atoms with Crippen molar-refractivity contribution in [3.05, 3.63) is 36.0 Å². The Labute approximate surface area is 157 Å². The van der Waals surface area contributed by atoms with Gasteiger partial charge in [0, 0.05) is 24.5 Å². The van der Waals surface area contributed by atoms with Gasteiger partial charge in [-0.05, 0) is 38.4 Å². The van der Waals surface area contributed by atoms with Gasteiger partial charge in [-0.1, -0.05) is 25.0 Å². The van der Waals surface area contributed by atoms with E-state index in [1.165, 1.54) is 12.4 Å². The Bertz CT molecular complexity index is 712. The lowest BCUT2D eigenvalue weighted by Gasteiger charge is -2.34. The molecule has 1 aromatic carbocycles. The summed E-state index contributed by atoms with van der Waals surface area (Å²) in [6.45, 7) is 2.76. The number of aliphatic imine (C=N–C) groups is 1. The Kier molecular flexibility index (Phi) is 7.01. The highest BCUT2D eigenvalue weighted by atomic mass is 19.4. The van der Waals surface area contributed by atoms with Gasteiger partial charge in [-0.3, -0.25) is 10.4 Å². The molecule has 27 heavy (non-hydrogen) atoms. The maximum atomic E-state index is 13.3. The third kappa shape index (κ3) is 5.56. The summed E-state index contributed by atoms with van der Waals surface area (Å²) >= 11 is 0. The van der Waals surface area contributed by atoms with Crippen LogP contribution in [0.15, 0.2) is 41.0 Å². The fourth-order valence-corrected chi connectivity index (χ4v) is 2.87. The molecular weight excluding hydrogens is 355 g/mol. The van der Waals surface area contributed by atoms with Crippen LogP contribution in [-0.2, 0) is 0 Å². The van der Waals surface area contributed by atoms with E-state index in [2.05, 4.69) is 15.6 Å². The predicted molar refractivity (Wildman–Crippen MR) is 104 cm³/mol. The maximum Gasteiger partial charge on any atom is 0.433 e. The van der Waals surface area contributed by atoms with Gasteiger partial charge in [0.25, 0.3) is 0 Å². The highest BCUT2D eigenvalue weighted by Gasteiger charge is 2.44. The highest BCUT2D eigenvalue weighted by Crippen LogP contribution is 2.36. The zero-order valence-electron chi connectivity index (χ0n) is 15.4. The first kappa shape index (κ1) is 21.0. The number of hydrogen-bond donors (Lipinski definition) is 4. The Morgan fingerprint density at radius 1 is 1.26 bits per heavy atom. The van der Waals surface area contributed by atoms with E-state index >= 15 is 0 Å². The minimum absolute atomic E-state index is 0.199. The number of fused-ring (bicyclic) bond motifs is 1. The molecule has 0 radical (unpaired) electrons. The second-order valence-corrected chi connectivity index (χ2v) is 6.69. The summed E-state index contributed by atoms with van der Waals surface area (Å²) in [5, 5.41) is 13.7. The fourth-order valence-electron chi connectivity index (χ4n) is 2.87. The van der Waals surface area contributed by atoms with Crippen LogP contribution in [0.25, 0.3) is 0 Å². The van der Waals surface area contributed by atoms with Gasteiger partial charge in [0.2, 0.25) is 0 Å². The average Bonchev–Trinajstić information content (AvgIpc) is 2.62. The number of nitrogens with two attached hydrogens (primary N) is 1. The van der Waals surface area contributed by atoms with Crippen molar-refractivity contribution in [2.24, 2.45) is 10.7 Å². The van der Waals surface area contributed by atoms with Gasteiger partial charge in [-0.2, -0.15) is 13.2 Å². The zero-order chi connectivity index (χ0) is 19.9. The van der Waals surface area contributed by atoms with Crippen LogP contribution in [0.4, 0.5) is 24.5 Å². The topological polar surface area (TPSA) is 86.3 Å². The van der Waals surface area contributed by atoms with Gasteiger partial charge in [-0.25, -0.2) is 0 Å². The van der Waals surface area contributed by atoms with Gasteiger partial charge in [0.05, 0.1) is 16.9 Å². The molecule has 0 saturated heterocycles. The number of nitrogens with one attached hydrogen (secondary N) is 3. The third-order valence-corrected chi connectivity index (χ3v) is 4.39. The molecule has 148 valence electrons. The van der Waals surface area contributed by atoms with Crippen molar-refractivity contribution in [2.75, 3.05) is 18.4 Å². The first-order valence-electron chi connectivity index (χ1n) is 9.00. The van der Waals surface area contributed by atoms with E-state index in [0.717, 1.165) is 25.7 Å². The Balaban J connectivity index is 2.16. The number of alkyl halides is 3. The molecule has 0 spiro atoms. The van der Waals surface area contributed by atoms with Crippen LogP contribution in [-0.4, -0.2) is 36.7 Å². The summed E-state index contributed by atoms with van der Waals surface area (Å²) in [5.74, 6) is 0. The van der Waals surface area contributed by atoms with Crippen LogP contribution in [0, 0.1) is 5.41 Å². The summed E-state index contributed by atoms with van der Waals surface area (Å²) in [4.78, 5) is 4.28. The standard InChI is InChI=1S/C19H26F3N5/c1-18(13-26-15-8-4-5-9-16(15)27-18)14(17(24)19(20,21)22)12-25-11-7-3-2-6-10-23/h4-5,8-9,12-13,24-25,27H,2-3,6-7,10-11,23H2,1H3/b14-12+,24-17?. The van der Waals surface area contributed by atoms with Gasteiger partial charge in [-0.15, -0.1) is 0 Å². The summed E-state index contributed by atoms with van der Waals surface area (Å²) in [6, 6.07) is 7.12. The van der Waals surface area contributed by atoms with Crippen LogP contribution in [0.2, 0.25) is 0 Å². The molecule has 0 amide bonds. The van der Waals surface area contributed by atoms with Crippen molar-refractivity contribution < 1.29 is 13.2 Å². The molecule has 0 aromatic heterocycles. The molecule has 1 atom stereocenters. The van der Waals surface area contributed by atoms with Gasteiger partial charge >= 0.3 is 6.18 Å². The number of benzene rings is 1. The Hall–Kier alpha value is -2.35. The second kappa shape index (κ2) is 9.03. The smallest absolute Gasteiger partial charge is 0.391 e. The summed E-state index contributed by atoms with van der Waals surface area (Å²) in [7, 11) is 0. The first-order chi connectivity index (χ1) is 12.8. The number of para-hydroxylation sites is 2. The Morgan fingerprint density at radius 2 is 1.96 bits per heavy atom. The molecule has 1 aliphatic heterocycles. The number of halogens is 3. The quantitative estimate of drug-likeness (QED) is 0.383. The minimum atomic E-state index is -4.75. The molecule has 0 aliphatic carbocycles. The predicted octanol–water partition coefficient (Wildman–Crippen LogP) is 4.15. The van der Waals surface area contributed by atoms with Gasteiger partial charge in [0.1, 0.15) is 5.71 Å². The van der Waals surface area contributed by atoms with Crippen molar-refractivity contribution in [1.82, 2.24) is 5.32 Å². The van der Waals surface area contributed by atoms with E-state index in [-0.39, 0.29) is 5.57 Å². The number of anilines is 1. The molecule has 1 aliphatic rings. The van der Waals surface area contributed by atoms with Crippen molar-refractivity contribution in [3.63, 3.8) is 0 Å². The SMILES string of the molecule is CC1(/C(=C/NCCCCCCN)C(=N)C(F)(F)F)C=Nc2ccccc2N1. The lowest BCUT2D eigenvalue weighted by atomic mass is 9.88. The van der Waals surface area contributed by atoms with Crippen molar-refractivity contribution in [1.29, 1.82) is 5.41 Å². The first-order valence-corrected chi connectivity index (χ1v) is 9.00. The molecule has 0 fully saturated rings. The summed E-state index contributed by atoms with van der Waals surface area (Å²) in [6.07, 6.45) is 1.67. The molecule has 1 aromatic rings. The largest absolute Gasteiger partial charge is 0.433 e. The molecule has 8 heteroatoms. The Morgan fingerprint density at radius 3 is 2.67 bits per heavy atom. The van der Waals surface area contributed by atoms with E-state index < -0.39 is 17.4 Å². The second-order valence-electron chi connectivity index (χ2n) is 6.69. The van der Waals surface area contributed by atoms with Crippen LogP contribution >= 0.6 is 0 Å². The molecule has 1 unspecified atom stereocenters. The maximum absolute atomic E-state index is 13.3. The van der Waals surface area contributed by atoms with Gasteiger partial charge in [0.15, 0.2) is 0 Å². The zero-order valence-corrected chi connectivity index (χ0v) is 15.4. The van der Waals surface area contributed by atoms with Crippen LogP contribution in [0.5, 0.6) is 0 Å². The lowest BCUT2D eigenvalue weighted by molar-refractivity contribution is -0.0592.